The van der Waals surface area contributed by atoms with Crippen LogP contribution in [-0.2, 0) is 19.2 Å². The van der Waals surface area contributed by atoms with Gasteiger partial charge in [-0.05, 0) is 0 Å². The molecule has 10 heteroatoms. The highest BCUT2D eigenvalue weighted by Crippen LogP contribution is 1.91. The van der Waals surface area contributed by atoms with Crippen molar-refractivity contribution >= 4 is 17.6 Å². The summed E-state index contributed by atoms with van der Waals surface area (Å²) in [6, 6.07) is 0. The normalized spacial score (nSPS) is 9.68. The van der Waals surface area contributed by atoms with Gasteiger partial charge in [-0.15, -0.1) is 10.1 Å². The minimum atomic E-state index is -1.35. The predicted octanol–water partition coefficient (Wildman–Crippen LogP) is -0.788. The lowest BCUT2D eigenvalue weighted by Gasteiger charge is -2.05. The Balaban J connectivity index is 3.41. The van der Waals surface area contributed by atoms with Gasteiger partial charge in [0.05, 0.1) is 13.2 Å². The Bertz CT molecular complexity index is 345. The highest BCUT2D eigenvalue weighted by atomic mass is 17.0. The molecule has 0 bridgehead atoms. The molecule has 0 aliphatic heterocycles. The van der Waals surface area contributed by atoms with E-state index in [4.69, 9.17) is 15.3 Å². The lowest BCUT2D eigenvalue weighted by atomic mass is 10.2. The average molecular weight is 277 g/mol. The SMILES string of the molecule is N=C(CCC(=O)NCCOCCO[N+](=O)[O-])C(=O)O. The second-order valence-electron chi connectivity index (χ2n) is 3.30. The van der Waals surface area contributed by atoms with Crippen molar-refractivity contribution < 1.29 is 29.4 Å². The van der Waals surface area contributed by atoms with Crippen LogP contribution in [0.25, 0.3) is 0 Å². The van der Waals surface area contributed by atoms with E-state index in [9.17, 15) is 19.7 Å². The molecule has 3 N–H and O–H groups in total. The summed E-state index contributed by atoms with van der Waals surface area (Å²) >= 11 is 0. The van der Waals surface area contributed by atoms with Gasteiger partial charge in [-0.2, -0.15) is 0 Å². The van der Waals surface area contributed by atoms with Gasteiger partial charge < -0.3 is 20.0 Å². The molecule has 0 saturated heterocycles. The lowest BCUT2D eigenvalue weighted by Crippen LogP contribution is -2.28. The molecule has 1 amide bonds. The average Bonchev–Trinajstić information content (AvgIpc) is 2.34. The van der Waals surface area contributed by atoms with Crippen LogP contribution in [0.5, 0.6) is 0 Å². The fraction of sp³-hybridized carbons (Fsp3) is 0.667. The van der Waals surface area contributed by atoms with Gasteiger partial charge in [0.25, 0.3) is 5.09 Å². The van der Waals surface area contributed by atoms with Gasteiger partial charge >= 0.3 is 5.97 Å². The zero-order chi connectivity index (χ0) is 14.7. The summed E-state index contributed by atoms with van der Waals surface area (Å²) in [5, 5.41) is 26.7. The fourth-order valence-corrected chi connectivity index (χ4v) is 0.969. The first-order valence-corrected chi connectivity index (χ1v) is 5.36. The van der Waals surface area contributed by atoms with Crippen molar-refractivity contribution in [1.29, 1.82) is 5.41 Å². The van der Waals surface area contributed by atoms with Crippen LogP contribution >= 0.6 is 0 Å². The minimum Gasteiger partial charge on any atom is -0.477 e. The summed E-state index contributed by atoms with van der Waals surface area (Å²) in [6.45, 7) is 0.193. The van der Waals surface area contributed by atoms with E-state index in [-0.39, 0.29) is 39.2 Å². The molecule has 0 aliphatic carbocycles. The molecule has 0 heterocycles. The van der Waals surface area contributed by atoms with E-state index >= 15 is 0 Å². The number of hydrogen-bond donors (Lipinski definition) is 3. The molecule has 0 aromatic rings. The van der Waals surface area contributed by atoms with Gasteiger partial charge in [-0.3, -0.25) is 10.2 Å². The van der Waals surface area contributed by atoms with Crippen LogP contribution < -0.4 is 5.32 Å². The topological polar surface area (TPSA) is 152 Å². The van der Waals surface area contributed by atoms with Crippen molar-refractivity contribution in [3.05, 3.63) is 10.1 Å². The number of hydrogen-bond acceptors (Lipinski definition) is 7. The molecule has 0 aromatic carbocycles. The maximum absolute atomic E-state index is 11.2. The molecule has 0 saturated carbocycles. The monoisotopic (exact) mass is 277 g/mol. The molecule has 19 heavy (non-hydrogen) atoms. The Morgan fingerprint density at radius 1 is 1.26 bits per heavy atom. The van der Waals surface area contributed by atoms with Crippen molar-refractivity contribution in [2.75, 3.05) is 26.4 Å². The summed E-state index contributed by atoms with van der Waals surface area (Å²) in [6.07, 6.45) is -0.228. The van der Waals surface area contributed by atoms with Gasteiger partial charge in [-0.1, -0.05) is 0 Å². The largest absolute Gasteiger partial charge is 0.477 e. The first-order valence-electron chi connectivity index (χ1n) is 5.36. The Morgan fingerprint density at radius 3 is 2.53 bits per heavy atom. The zero-order valence-corrected chi connectivity index (χ0v) is 10.1. The van der Waals surface area contributed by atoms with Crippen LogP contribution in [0, 0.1) is 15.5 Å². The number of ether oxygens (including phenoxy) is 1. The lowest BCUT2D eigenvalue weighted by molar-refractivity contribution is -0.758. The summed E-state index contributed by atoms with van der Waals surface area (Å²) in [7, 11) is 0. The number of rotatable bonds is 11. The van der Waals surface area contributed by atoms with E-state index in [1.165, 1.54) is 0 Å². The molecule has 0 rings (SSSR count). The number of aliphatic carboxylic acids is 1. The number of carboxylic acid groups (broad SMARTS) is 1. The second-order valence-corrected chi connectivity index (χ2v) is 3.30. The van der Waals surface area contributed by atoms with E-state index in [0.29, 0.717) is 0 Å². The summed E-state index contributed by atoms with van der Waals surface area (Å²) < 4.78 is 4.92. The van der Waals surface area contributed by atoms with E-state index < -0.39 is 22.7 Å². The Morgan fingerprint density at radius 2 is 1.95 bits per heavy atom. The molecular formula is C9H15N3O7. The van der Waals surface area contributed by atoms with E-state index in [2.05, 4.69) is 10.2 Å². The molecule has 10 nitrogen and oxygen atoms in total. The van der Waals surface area contributed by atoms with Crippen LogP contribution in [0.3, 0.4) is 0 Å². The molecule has 0 atom stereocenters. The Hall–Kier alpha value is -2.23. The van der Waals surface area contributed by atoms with Crippen molar-refractivity contribution in [2.24, 2.45) is 0 Å². The van der Waals surface area contributed by atoms with Crippen LogP contribution in [0.4, 0.5) is 0 Å². The third-order valence-electron chi connectivity index (χ3n) is 1.85. The molecular weight excluding hydrogens is 262 g/mol. The fourth-order valence-electron chi connectivity index (χ4n) is 0.969. The zero-order valence-electron chi connectivity index (χ0n) is 10.1. The van der Waals surface area contributed by atoms with Crippen molar-refractivity contribution in [3.8, 4) is 0 Å². The maximum atomic E-state index is 11.2. The number of carboxylic acids is 1. The van der Waals surface area contributed by atoms with E-state index in [1.807, 2.05) is 0 Å². The molecule has 0 unspecified atom stereocenters. The minimum absolute atomic E-state index is 0.0283. The van der Waals surface area contributed by atoms with Gasteiger partial charge in [0.15, 0.2) is 0 Å². The van der Waals surface area contributed by atoms with E-state index in [0.717, 1.165) is 0 Å². The molecule has 108 valence electrons. The number of nitrogens with one attached hydrogen (secondary N) is 2. The third kappa shape index (κ3) is 10.6. The number of amides is 1. The molecule has 0 fully saturated rings. The third-order valence-corrected chi connectivity index (χ3v) is 1.85. The van der Waals surface area contributed by atoms with E-state index in [1.54, 1.807) is 0 Å². The van der Waals surface area contributed by atoms with Crippen molar-refractivity contribution in [1.82, 2.24) is 5.32 Å². The smallest absolute Gasteiger partial charge is 0.349 e. The second kappa shape index (κ2) is 9.76. The highest BCUT2D eigenvalue weighted by Gasteiger charge is 2.09. The van der Waals surface area contributed by atoms with Gasteiger partial charge in [0.1, 0.15) is 12.3 Å². The Labute approximate surface area is 108 Å². The predicted molar refractivity (Wildman–Crippen MR) is 61.4 cm³/mol. The molecule has 0 aromatic heterocycles. The van der Waals surface area contributed by atoms with Gasteiger partial charge in [-0.25, -0.2) is 4.79 Å². The maximum Gasteiger partial charge on any atom is 0.349 e. The molecule has 0 spiro atoms. The van der Waals surface area contributed by atoms with Crippen molar-refractivity contribution in [2.45, 2.75) is 12.8 Å². The first-order chi connectivity index (χ1) is 8.93. The summed E-state index contributed by atoms with van der Waals surface area (Å²) in [4.78, 5) is 35.2. The van der Waals surface area contributed by atoms with Crippen LogP contribution in [0.1, 0.15) is 12.8 Å². The Kier molecular flexibility index (Phi) is 8.62. The number of carbonyl (C=O) groups is 2. The van der Waals surface area contributed by atoms with Crippen LogP contribution in [0.2, 0.25) is 0 Å². The quantitative estimate of drug-likeness (QED) is 0.194. The van der Waals surface area contributed by atoms with Gasteiger partial charge in [0, 0.05) is 19.4 Å². The summed E-state index contributed by atoms with van der Waals surface area (Å²) in [5.74, 6) is -1.74. The highest BCUT2D eigenvalue weighted by molar-refractivity contribution is 6.34. The molecule has 0 aliphatic rings. The van der Waals surface area contributed by atoms with Crippen LogP contribution in [0.15, 0.2) is 0 Å². The van der Waals surface area contributed by atoms with Gasteiger partial charge in [0.2, 0.25) is 5.91 Å². The number of nitrogens with zero attached hydrogens (tertiary/aromatic N) is 1. The first kappa shape index (κ1) is 16.8. The molecule has 0 radical (unpaired) electrons. The summed E-state index contributed by atoms with van der Waals surface area (Å²) in [5.41, 5.74) is -0.525. The van der Waals surface area contributed by atoms with Crippen molar-refractivity contribution in [3.63, 3.8) is 0 Å². The standard InChI is InChI=1S/C9H15N3O7/c10-7(9(14)15)1-2-8(13)11-3-4-18-5-6-19-12(16)17/h10H,1-6H2,(H,11,13)(H,14,15). The number of carbonyl (C=O) groups excluding carboxylic acids is 1. The van der Waals surface area contributed by atoms with Crippen LogP contribution in [-0.4, -0.2) is 54.1 Å².